The average Bonchev–Trinajstić information content (AvgIpc) is 1.80. The first-order valence-electron chi connectivity index (χ1n) is 40.7. The van der Waals surface area contributed by atoms with E-state index in [-0.39, 0.29) is 25.7 Å². The molecule has 0 aromatic heterocycles. The van der Waals surface area contributed by atoms with Crippen LogP contribution in [0.25, 0.3) is 0 Å². The molecule has 0 saturated carbocycles. The van der Waals surface area contributed by atoms with Crippen LogP contribution in [0.15, 0.2) is 0 Å². The lowest BCUT2D eigenvalue weighted by Gasteiger charge is -2.21. The van der Waals surface area contributed by atoms with Crippen molar-refractivity contribution in [1.29, 1.82) is 0 Å². The van der Waals surface area contributed by atoms with Gasteiger partial charge in [0.15, 0.2) is 12.2 Å². The maximum Gasteiger partial charge on any atom is 0.472 e. The number of aliphatic hydroxyl groups is 1. The number of carbonyl (C=O) groups is 4. The highest BCUT2D eigenvalue weighted by Gasteiger charge is 2.30. The second kappa shape index (κ2) is 71.1. The summed E-state index contributed by atoms with van der Waals surface area (Å²) in [6.45, 7) is 7.20. The quantitative estimate of drug-likeness (QED) is 0.0222. The molecule has 0 aromatic carbocycles. The van der Waals surface area contributed by atoms with E-state index < -0.39 is 97.5 Å². The van der Waals surface area contributed by atoms with Crippen LogP contribution in [0.5, 0.6) is 0 Å². The minimum absolute atomic E-state index is 0.103. The van der Waals surface area contributed by atoms with Crippen LogP contribution in [0.2, 0.25) is 0 Å². The van der Waals surface area contributed by atoms with Crippen LogP contribution < -0.4 is 0 Å². The number of aliphatic hydroxyl groups excluding tert-OH is 1. The van der Waals surface area contributed by atoms with Gasteiger partial charge in [-0.3, -0.25) is 37.3 Å². The Labute approximate surface area is 594 Å². The van der Waals surface area contributed by atoms with Gasteiger partial charge in [-0.1, -0.05) is 362 Å². The van der Waals surface area contributed by atoms with Crippen LogP contribution in [-0.2, 0) is 65.4 Å². The number of esters is 4. The maximum absolute atomic E-state index is 13.1. The molecule has 17 nitrogen and oxygen atoms in total. The number of phosphoric acid groups is 2. The lowest BCUT2D eigenvalue weighted by Crippen LogP contribution is -2.30. The highest BCUT2D eigenvalue weighted by Crippen LogP contribution is 2.45. The van der Waals surface area contributed by atoms with Gasteiger partial charge >= 0.3 is 39.5 Å². The number of hydrogen-bond donors (Lipinski definition) is 3. The lowest BCUT2D eigenvalue weighted by atomic mass is 10.00. The molecular formula is C78H152O17P2. The monoisotopic (exact) mass is 1420 g/mol. The van der Waals surface area contributed by atoms with Crippen LogP contribution in [0.3, 0.4) is 0 Å². The molecule has 0 aliphatic rings. The van der Waals surface area contributed by atoms with Gasteiger partial charge in [-0.2, -0.15) is 0 Å². The third-order valence-electron chi connectivity index (χ3n) is 18.6. The summed E-state index contributed by atoms with van der Waals surface area (Å²) in [5.74, 6) is -1.40. The number of ether oxygens (including phenoxy) is 4. The Balaban J connectivity index is 5.14. The molecule has 0 heterocycles. The first-order chi connectivity index (χ1) is 47.1. The Kier molecular flexibility index (Phi) is 69.6. The molecular weight excluding hydrogens is 1270 g/mol. The number of hydrogen-bond acceptors (Lipinski definition) is 15. The molecule has 0 radical (unpaired) electrons. The van der Waals surface area contributed by atoms with E-state index in [1.165, 1.54) is 225 Å². The molecule has 0 saturated heterocycles. The molecule has 576 valence electrons. The van der Waals surface area contributed by atoms with Crippen LogP contribution in [0.4, 0.5) is 0 Å². The molecule has 0 amide bonds. The van der Waals surface area contributed by atoms with Crippen molar-refractivity contribution in [3.8, 4) is 0 Å². The van der Waals surface area contributed by atoms with Crippen molar-refractivity contribution >= 4 is 39.5 Å². The van der Waals surface area contributed by atoms with E-state index in [0.717, 1.165) is 109 Å². The average molecular weight is 1420 g/mol. The summed E-state index contributed by atoms with van der Waals surface area (Å²) < 4.78 is 68.4. The zero-order valence-electron chi connectivity index (χ0n) is 63.2. The van der Waals surface area contributed by atoms with Gasteiger partial charge in [0.2, 0.25) is 0 Å². The smallest absolute Gasteiger partial charge is 0.462 e. The fourth-order valence-electron chi connectivity index (χ4n) is 12.0. The SMILES string of the molecule is CCCCCCCCCCCCCCCCCCCCCCCCC(=O)O[C@H](COC(=O)CCCCCCCCCCCCCCCCCCCC)COP(=O)(O)OC[C@@H](O)COP(=O)(O)OC[C@@H](COC(=O)CCCCCCCCC)OC(=O)CCCCCCCCC(C)CC. The van der Waals surface area contributed by atoms with Crippen LogP contribution in [0.1, 0.15) is 413 Å². The second-order valence-corrected chi connectivity index (χ2v) is 31.3. The number of carbonyl (C=O) groups excluding carboxylic acids is 4. The number of unbranched alkanes of at least 4 members (excludes halogenated alkanes) is 49. The van der Waals surface area contributed by atoms with Crippen molar-refractivity contribution in [1.82, 2.24) is 0 Å². The summed E-state index contributed by atoms with van der Waals surface area (Å²) >= 11 is 0. The Hall–Kier alpha value is -1.94. The first kappa shape index (κ1) is 95.1. The van der Waals surface area contributed by atoms with Gasteiger partial charge in [-0.25, -0.2) is 9.13 Å². The van der Waals surface area contributed by atoms with E-state index in [4.69, 9.17) is 37.0 Å². The van der Waals surface area contributed by atoms with E-state index in [9.17, 15) is 43.2 Å². The van der Waals surface area contributed by atoms with Gasteiger partial charge in [0.25, 0.3) is 0 Å². The Morgan fingerprint density at radius 2 is 0.495 bits per heavy atom. The molecule has 0 aliphatic carbocycles. The summed E-state index contributed by atoms with van der Waals surface area (Å²) in [5.41, 5.74) is 0. The third-order valence-corrected chi connectivity index (χ3v) is 20.5. The zero-order chi connectivity index (χ0) is 71.2. The molecule has 97 heavy (non-hydrogen) atoms. The third kappa shape index (κ3) is 70.9. The van der Waals surface area contributed by atoms with Crippen LogP contribution >= 0.6 is 15.6 Å². The van der Waals surface area contributed by atoms with Gasteiger partial charge in [0.1, 0.15) is 19.3 Å². The topological polar surface area (TPSA) is 237 Å². The van der Waals surface area contributed by atoms with Gasteiger partial charge < -0.3 is 33.8 Å². The van der Waals surface area contributed by atoms with Crippen molar-refractivity contribution in [2.24, 2.45) is 5.92 Å². The highest BCUT2D eigenvalue weighted by atomic mass is 31.2. The molecule has 0 spiro atoms. The van der Waals surface area contributed by atoms with Crippen molar-refractivity contribution < 1.29 is 80.2 Å². The van der Waals surface area contributed by atoms with Gasteiger partial charge in [0, 0.05) is 25.7 Å². The van der Waals surface area contributed by atoms with Gasteiger partial charge in [-0.05, 0) is 31.6 Å². The normalized spacial score (nSPS) is 14.2. The van der Waals surface area contributed by atoms with E-state index in [2.05, 4.69) is 34.6 Å². The summed E-state index contributed by atoms with van der Waals surface area (Å²) in [6.07, 6.45) is 61.5. The fourth-order valence-corrected chi connectivity index (χ4v) is 13.6. The molecule has 0 fully saturated rings. The van der Waals surface area contributed by atoms with E-state index >= 15 is 0 Å². The van der Waals surface area contributed by atoms with E-state index in [1.807, 2.05) is 0 Å². The summed E-state index contributed by atoms with van der Waals surface area (Å²) in [7, 11) is -9.91. The van der Waals surface area contributed by atoms with Crippen molar-refractivity contribution in [2.75, 3.05) is 39.6 Å². The predicted molar refractivity (Wildman–Crippen MR) is 395 cm³/mol. The minimum Gasteiger partial charge on any atom is -0.462 e. The predicted octanol–water partition coefficient (Wildman–Crippen LogP) is 23.3. The zero-order valence-corrected chi connectivity index (χ0v) is 65.0. The van der Waals surface area contributed by atoms with Gasteiger partial charge in [-0.15, -0.1) is 0 Å². The molecule has 6 atom stereocenters. The van der Waals surface area contributed by atoms with E-state index in [0.29, 0.717) is 25.7 Å². The molecule has 0 bridgehead atoms. The van der Waals surface area contributed by atoms with Crippen molar-refractivity contribution in [3.05, 3.63) is 0 Å². The van der Waals surface area contributed by atoms with Crippen LogP contribution in [-0.4, -0.2) is 96.7 Å². The lowest BCUT2D eigenvalue weighted by molar-refractivity contribution is -0.161. The number of rotatable bonds is 78. The van der Waals surface area contributed by atoms with Crippen LogP contribution in [0, 0.1) is 5.92 Å². The Morgan fingerprint density at radius 3 is 0.732 bits per heavy atom. The first-order valence-corrected chi connectivity index (χ1v) is 43.7. The van der Waals surface area contributed by atoms with Crippen molar-refractivity contribution in [2.45, 2.75) is 432 Å². The van der Waals surface area contributed by atoms with E-state index in [1.54, 1.807) is 0 Å². The Bertz CT molecular complexity index is 1860. The molecule has 0 aliphatic heterocycles. The maximum atomic E-state index is 13.1. The Morgan fingerprint density at radius 1 is 0.289 bits per heavy atom. The van der Waals surface area contributed by atoms with Gasteiger partial charge in [0.05, 0.1) is 26.4 Å². The molecule has 0 rings (SSSR count). The fraction of sp³-hybridized carbons (Fsp3) is 0.949. The minimum atomic E-state index is -4.96. The van der Waals surface area contributed by atoms with Crippen molar-refractivity contribution in [3.63, 3.8) is 0 Å². The largest absolute Gasteiger partial charge is 0.472 e. The molecule has 19 heteroatoms. The highest BCUT2D eigenvalue weighted by molar-refractivity contribution is 7.47. The standard InChI is InChI=1S/C78H152O17P2/c1-6-10-13-16-19-21-23-25-27-29-31-32-33-34-36-38-40-42-44-47-53-58-63-77(82)94-73(68-89-76(81)62-57-52-46-43-41-39-37-35-30-28-26-24-22-20-17-14-11-7-2)69-92-96(84,85)90-65-72(79)66-91-97(86,87)93-70-74(67-88-75(80)61-56-51-45-18-15-12-8-3)95-78(83)64-59-54-49-48-50-55-60-71(5)9-4/h71-74,79H,6-70H2,1-5H3,(H,84,85)(H,86,87)/t71?,72-,73-,74-/m1/s1. The molecule has 3 N–H and O–H groups in total. The summed E-state index contributed by atoms with van der Waals surface area (Å²) in [4.78, 5) is 72.7. The molecule has 0 aromatic rings. The summed E-state index contributed by atoms with van der Waals surface area (Å²) in [5, 5.41) is 10.6. The summed E-state index contributed by atoms with van der Waals surface area (Å²) in [6, 6.07) is 0. The number of phosphoric ester groups is 2. The molecule has 3 unspecified atom stereocenters. The second-order valence-electron chi connectivity index (χ2n) is 28.3.